The third-order valence-electron chi connectivity index (χ3n) is 2.59. The average molecular weight is 355 g/mol. The molecule has 0 radical (unpaired) electrons. The number of rotatable bonds is 5. The number of halogens is 2. The lowest BCUT2D eigenvalue weighted by Gasteiger charge is -2.19. The Morgan fingerprint density at radius 1 is 1.44 bits per heavy atom. The van der Waals surface area contributed by atoms with Crippen LogP contribution in [0.15, 0.2) is 9.21 Å². The second-order valence-electron chi connectivity index (χ2n) is 3.98. The van der Waals surface area contributed by atoms with Crippen molar-refractivity contribution >= 4 is 31.9 Å². The summed E-state index contributed by atoms with van der Waals surface area (Å²) in [5.74, 6) is 0. The molecule has 0 N–H and O–H groups in total. The van der Waals surface area contributed by atoms with Crippen LogP contribution in [-0.4, -0.2) is 41.2 Å². The van der Waals surface area contributed by atoms with E-state index < -0.39 is 0 Å². The van der Waals surface area contributed by atoms with Crippen LogP contribution in [0, 0.1) is 0 Å². The molecule has 1 aromatic heterocycles. The molecule has 0 saturated carbocycles. The topological polar surface area (TPSA) is 30.3 Å². The molecule has 0 bridgehead atoms. The molecule has 0 amide bonds. The first-order valence-electron chi connectivity index (χ1n) is 5.10. The Morgan fingerprint density at radius 2 is 2.06 bits per heavy atom. The highest BCUT2D eigenvalue weighted by molar-refractivity contribution is 9.13. The van der Waals surface area contributed by atoms with Gasteiger partial charge in [-0.15, -0.1) is 0 Å². The number of aromatic nitrogens is 2. The molecule has 0 aliphatic carbocycles. The van der Waals surface area contributed by atoms with Gasteiger partial charge in [0.05, 0.1) is 6.61 Å². The third kappa shape index (κ3) is 3.46. The van der Waals surface area contributed by atoms with E-state index in [4.69, 9.17) is 4.74 Å². The van der Waals surface area contributed by atoms with Crippen molar-refractivity contribution in [1.29, 1.82) is 0 Å². The summed E-state index contributed by atoms with van der Waals surface area (Å²) >= 11 is 6.75. The zero-order chi connectivity index (χ0) is 12.3. The molecule has 0 spiro atoms. The number of hydrogen-bond acceptors (Lipinski definition) is 3. The molecule has 0 aliphatic rings. The smallest absolute Gasteiger partial charge is 0.298 e. The van der Waals surface area contributed by atoms with Crippen LogP contribution in [0.5, 0.6) is 6.01 Å². The summed E-state index contributed by atoms with van der Waals surface area (Å²) in [6.45, 7) is 2.84. The van der Waals surface area contributed by atoms with Gasteiger partial charge in [-0.05, 0) is 59.3 Å². The highest BCUT2D eigenvalue weighted by Crippen LogP contribution is 2.26. The lowest BCUT2D eigenvalue weighted by molar-refractivity contribution is 0.219. The van der Waals surface area contributed by atoms with Gasteiger partial charge in [0.15, 0.2) is 0 Å². The predicted molar refractivity (Wildman–Crippen MR) is 71.9 cm³/mol. The molecule has 1 heterocycles. The highest BCUT2D eigenvalue weighted by atomic mass is 79.9. The zero-order valence-corrected chi connectivity index (χ0v) is 13.2. The van der Waals surface area contributed by atoms with Crippen molar-refractivity contribution in [2.45, 2.75) is 19.4 Å². The van der Waals surface area contributed by atoms with Gasteiger partial charge in [-0.2, -0.15) is 4.98 Å². The first-order chi connectivity index (χ1) is 7.43. The molecule has 1 rings (SSSR count). The SMILES string of the molecule is CC(CCOc1nc(Br)c(Br)n1C)N(C)C. The Morgan fingerprint density at radius 3 is 2.50 bits per heavy atom. The summed E-state index contributed by atoms with van der Waals surface area (Å²) in [4.78, 5) is 6.42. The Kier molecular flexibility index (Phi) is 5.27. The summed E-state index contributed by atoms with van der Waals surface area (Å²) in [6, 6.07) is 1.14. The molecule has 92 valence electrons. The Hall–Kier alpha value is -0.0700. The van der Waals surface area contributed by atoms with Crippen molar-refractivity contribution in [2.24, 2.45) is 7.05 Å². The van der Waals surface area contributed by atoms with Gasteiger partial charge in [0.2, 0.25) is 0 Å². The van der Waals surface area contributed by atoms with Crippen LogP contribution in [0.3, 0.4) is 0 Å². The van der Waals surface area contributed by atoms with Gasteiger partial charge in [0.1, 0.15) is 9.21 Å². The van der Waals surface area contributed by atoms with Crippen LogP contribution in [0.2, 0.25) is 0 Å². The maximum Gasteiger partial charge on any atom is 0.298 e. The second-order valence-corrected chi connectivity index (χ2v) is 5.49. The molecule has 4 nitrogen and oxygen atoms in total. The number of ether oxygens (including phenoxy) is 1. The third-order valence-corrected chi connectivity index (χ3v) is 4.59. The molecule has 0 aliphatic heterocycles. The molecule has 6 heteroatoms. The minimum atomic E-state index is 0.507. The minimum absolute atomic E-state index is 0.507. The quantitative estimate of drug-likeness (QED) is 0.814. The van der Waals surface area contributed by atoms with Crippen LogP contribution in [0.25, 0.3) is 0 Å². The van der Waals surface area contributed by atoms with Crippen LogP contribution in [0.4, 0.5) is 0 Å². The highest BCUT2D eigenvalue weighted by Gasteiger charge is 2.12. The molecule has 0 aromatic carbocycles. The molecule has 1 unspecified atom stereocenters. The summed E-state index contributed by atoms with van der Waals surface area (Å²) in [5, 5.41) is 0. The van der Waals surface area contributed by atoms with Gasteiger partial charge in [-0.3, -0.25) is 4.57 Å². The minimum Gasteiger partial charge on any atom is -0.465 e. The fraction of sp³-hybridized carbons (Fsp3) is 0.700. The molecule has 0 saturated heterocycles. The maximum atomic E-state index is 5.62. The Balaban J connectivity index is 2.46. The fourth-order valence-electron chi connectivity index (χ4n) is 1.14. The first-order valence-corrected chi connectivity index (χ1v) is 6.69. The van der Waals surface area contributed by atoms with Crippen LogP contribution in [-0.2, 0) is 7.05 Å². The lowest BCUT2D eigenvalue weighted by Crippen LogP contribution is -2.26. The summed E-state index contributed by atoms with van der Waals surface area (Å²) in [5.41, 5.74) is 0. The Labute approximate surface area is 113 Å². The summed E-state index contributed by atoms with van der Waals surface area (Å²) < 4.78 is 9.15. The van der Waals surface area contributed by atoms with Crippen LogP contribution in [0.1, 0.15) is 13.3 Å². The number of hydrogen-bond donors (Lipinski definition) is 0. The van der Waals surface area contributed by atoms with Crippen molar-refractivity contribution in [2.75, 3.05) is 20.7 Å². The van der Waals surface area contributed by atoms with E-state index in [2.05, 4.69) is 62.8 Å². The first kappa shape index (κ1) is 14.0. The monoisotopic (exact) mass is 353 g/mol. The molecule has 1 aromatic rings. The van der Waals surface area contributed by atoms with Gasteiger partial charge < -0.3 is 9.64 Å². The van der Waals surface area contributed by atoms with Gasteiger partial charge in [-0.25, -0.2) is 0 Å². The summed E-state index contributed by atoms with van der Waals surface area (Å²) in [7, 11) is 6.05. The van der Waals surface area contributed by atoms with E-state index in [1.165, 1.54) is 0 Å². The van der Waals surface area contributed by atoms with Crippen molar-refractivity contribution in [3.8, 4) is 6.01 Å². The van der Waals surface area contributed by atoms with E-state index >= 15 is 0 Å². The largest absolute Gasteiger partial charge is 0.465 e. The van der Waals surface area contributed by atoms with E-state index in [0.29, 0.717) is 18.7 Å². The Bertz CT molecular complexity index is 352. The van der Waals surface area contributed by atoms with E-state index in [9.17, 15) is 0 Å². The van der Waals surface area contributed by atoms with Crippen molar-refractivity contribution in [3.05, 3.63) is 9.21 Å². The molecular weight excluding hydrogens is 338 g/mol. The van der Waals surface area contributed by atoms with Gasteiger partial charge in [-0.1, -0.05) is 0 Å². The number of nitrogens with zero attached hydrogens (tertiary/aromatic N) is 3. The second kappa shape index (κ2) is 6.02. The average Bonchev–Trinajstić information content (AvgIpc) is 2.46. The molecule has 0 fully saturated rings. The van der Waals surface area contributed by atoms with Crippen LogP contribution >= 0.6 is 31.9 Å². The van der Waals surface area contributed by atoms with Gasteiger partial charge in [0.25, 0.3) is 6.01 Å². The van der Waals surface area contributed by atoms with E-state index in [0.717, 1.165) is 15.6 Å². The van der Waals surface area contributed by atoms with Crippen molar-refractivity contribution in [1.82, 2.24) is 14.5 Å². The van der Waals surface area contributed by atoms with Crippen LogP contribution < -0.4 is 4.74 Å². The molecule has 1 atom stereocenters. The van der Waals surface area contributed by atoms with Gasteiger partial charge in [0, 0.05) is 13.1 Å². The van der Waals surface area contributed by atoms with E-state index in [1.54, 1.807) is 0 Å². The van der Waals surface area contributed by atoms with Gasteiger partial charge >= 0.3 is 0 Å². The van der Waals surface area contributed by atoms with Crippen molar-refractivity contribution in [3.63, 3.8) is 0 Å². The standard InChI is InChI=1S/C10H17Br2N3O/c1-7(14(2)3)5-6-16-10-13-8(11)9(12)15(10)4/h7H,5-6H2,1-4H3. The zero-order valence-electron chi connectivity index (χ0n) is 10.00. The lowest BCUT2D eigenvalue weighted by atomic mass is 10.2. The molecular formula is C10H17Br2N3O. The number of imidazole rings is 1. The maximum absolute atomic E-state index is 5.62. The predicted octanol–water partition coefficient (Wildman–Crippen LogP) is 2.66. The summed E-state index contributed by atoms with van der Waals surface area (Å²) in [6.07, 6.45) is 0.981. The molecule has 16 heavy (non-hydrogen) atoms. The normalized spacial score (nSPS) is 13.2. The van der Waals surface area contributed by atoms with E-state index in [1.807, 2.05) is 11.6 Å². The fourth-order valence-corrected chi connectivity index (χ4v) is 1.79. The van der Waals surface area contributed by atoms with Crippen molar-refractivity contribution < 1.29 is 4.74 Å². The van der Waals surface area contributed by atoms with E-state index in [-0.39, 0.29) is 0 Å².